The molecule has 7 heteroatoms. The van der Waals surface area contributed by atoms with Crippen molar-refractivity contribution >= 4 is 11.6 Å². The van der Waals surface area contributed by atoms with Gasteiger partial charge in [0.05, 0.1) is 11.7 Å². The van der Waals surface area contributed by atoms with Crippen molar-refractivity contribution in [1.82, 2.24) is 0 Å². The van der Waals surface area contributed by atoms with E-state index >= 15 is 0 Å². The Labute approximate surface area is 155 Å². The first-order valence-corrected chi connectivity index (χ1v) is 8.66. The fourth-order valence-corrected chi connectivity index (χ4v) is 3.40. The minimum absolute atomic E-state index is 0.189. The molecule has 0 amide bonds. The fourth-order valence-electron chi connectivity index (χ4n) is 3.40. The van der Waals surface area contributed by atoms with E-state index in [0.29, 0.717) is 6.42 Å². The van der Waals surface area contributed by atoms with Crippen LogP contribution in [0.2, 0.25) is 0 Å². The minimum Gasteiger partial charge on any atom is -0.872 e. The predicted molar refractivity (Wildman–Crippen MR) is 91.1 cm³/mol. The molecule has 0 bridgehead atoms. The molecule has 142 valence electrons. The molecule has 0 radical (unpaired) electrons. The van der Waals surface area contributed by atoms with Crippen LogP contribution in [-0.4, -0.2) is 26.9 Å². The van der Waals surface area contributed by atoms with Crippen molar-refractivity contribution in [1.29, 1.82) is 0 Å². The number of aliphatic hydroxyl groups excluding tert-OH is 1. The van der Waals surface area contributed by atoms with Gasteiger partial charge in [0.1, 0.15) is 11.5 Å². The first-order chi connectivity index (χ1) is 12.8. The SMILES string of the molecule is CCCCC[C@H](O)c1c([O-])cc2c(c1[O-])C(=O)c1c(O)cc(O)cc1C2=O. The van der Waals surface area contributed by atoms with E-state index in [-0.39, 0.29) is 17.5 Å². The highest BCUT2D eigenvalue weighted by atomic mass is 16.3. The molecule has 0 aliphatic heterocycles. The van der Waals surface area contributed by atoms with Gasteiger partial charge in [-0.1, -0.05) is 38.0 Å². The summed E-state index contributed by atoms with van der Waals surface area (Å²) in [5, 5.41) is 55.0. The Morgan fingerprint density at radius 1 is 0.963 bits per heavy atom. The van der Waals surface area contributed by atoms with Gasteiger partial charge in [0.25, 0.3) is 0 Å². The van der Waals surface area contributed by atoms with Gasteiger partial charge in [-0.2, -0.15) is 0 Å². The van der Waals surface area contributed by atoms with E-state index in [2.05, 4.69) is 0 Å². The quantitative estimate of drug-likeness (QED) is 0.580. The first kappa shape index (κ1) is 18.7. The number of benzene rings is 2. The smallest absolute Gasteiger partial charge is 0.197 e. The average molecular weight is 370 g/mol. The molecule has 3 N–H and O–H groups in total. The van der Waals surface area contributed by atoms with Crippen molar-refractivity contribution in [3.8, 4) is 23.0 Å². The van der Waals surface area contributed by atoms with Gasteiger partial charge in [-0.05, 0) is 18.1 Å². The third kappa shape index (κ3) is 3.00. The third-order valence-electron chi connectivity index (χ3n) is 4.74. The topological polar surface area (TPSA) is 141 Å². The molecule has 1 aliphatic rings. The number of aliphatic hydroxyl groups is 1. The van der Waals surface area contributed by atoms with Crippen molar-refractivity contribution < 1.29 is 35.1 Å². The molecule has 0 spiro atoms. The molecular weight excluding hydrogens is 352 g/mol. The van der Waals surface area contributed by atoms with Crippen LogP contribution in [0.4, 0.5) is 0 Å². The van der Waals surface area contributed by atoms with Gasteiger partial charge in [0, 0.05) is 22.8 Å². The molecule has 7 nitrogen and oxygen atoms in total. The Morgan fingerprint density at radius 3 is 2.30 bits per heavy atom. The Hall–Kier alpha value is -3.06. The van der Waals surface area contributed by atoms with Gasteiger partial charge in [0.2, 0.25) is 0 Å². The van der Waals surface area contributed by atoms with Crippen LogP contribution in [0.5, 0.6) is 23.0 Å². The lowest BCUT2D eigenvalue weighted by Gasteiger charge is -2.31. The Balaban J connectivity index is 2.15. The Bertz CT molecular complexity index is 946. The Morgan fingerprint density at radius 2 is 1.63 bits per heavy atom. The predicted octanol–water partition coefficient (Wildman–Crippen LogP) is 1.63. The molecule has 0 fully saturated rings. The average Bonchev–Trinajstić information content (AvgIpc) is 2.58. The number of ketones is 2. The molecule has 0 heterocycles. The normalized spacial score (nSPS) is 14.0. The second-order valence-electron chi connectivity index (χ2n) is 6.60. The van der Waals surface area contributed by atoms with Crippen LogP contribution >= 0.6 is 0 Å². The highest BCUT2D eigenvalue weighted by molar-refractivity contribution is 6.30. The van der Waals surface area contributed by atoms with E-state index in [0.717, 1.165) is 31.0 Å². The lowest BCUT2D eigenvalue weighted by molar-refractivity contribution is -0.284. The van der Waals surface area contributed by atoms with E-state index < -0.39 is 57.4 Å². The highest BCUT2D eigenvalue weighted by Crippen LogP contribution is 2.43. The first-order valence-electron chi connectivity index (χ1n) is 8.66. The van der Waals surface area contributed by atoms with Crippen LogP contribution in [0.25, 0.3) is 0 Å². The van der Waals surface area contributed by atoms with Crippen molar-refractivity contribution in [2.24, 2.45) is 0 Å². The summed E-state index contributed by atoms with van der Waals surface area (Å²) >= 11 is 0. The fraction of sp³-hybridized carbons (Fsp3) is 0.300. The molecule has 2 aromatic carbocycles. The van der Waals surface area contributed by atoms with Crippen molar-refractivity contribution in [2.75, 3.05) is 0 Å². The summed E-state index contributed by atoms with van der Waals surface area (Å²) in [6.07, 6.45) is 1.16. The molecule has 3 rings (SSSR count). The standard InChI is InChI=1S/C20H20O7/c1-2-3-4-5-12(22)17-14(24)8-11-16(20(17)27)19(26)15-10(18(11)25)6-9(21)7-13(15)23/h6-8,12,21-24,27H,2-5H2,1H3/p-2/t12-/m0/s1. The van der Waals surface area contributed by atoms with Crippen molar-refractivity contribution in [2.45, 2.75) is 38.7 Å². The molecule has 1 atom stereocenters. The van der Waals surface area contributed by atoms with E-state index in [1.54, 1.807) is 0 Å². The highest BCUT2D eigenvalue weighted by Gasteiger charge is 2.34. The van der Waals surface area contributed by atoms with E-state index in [1.165, 1.54) is 0 Å². The molecule has 2 aromatic rings. The van der Waals surface area contributed by atoms with Gasteiger partial charge in [-0.3, -0.25) is 9.59 Å². The summed E-state index contributed by atoms with van der Waals surface area (Å²) in [4.78, 5) is 25.4. The third-order valence-corrected chi connectivity index (χ3v) is 4.74. The van der Waals surface area contributed by atoms with Crippen LogP contribution in [0.1, 0.15) is 76.1 Å². The van der Waals surface area contributed by atoms with E-state index in [9.17, 15) is 35.1 Å². The summed E-state index contributed by atoms with van der Waals surface area (Å²) in [7, 11) is 0. The molecular formula is C20H18O7-2. The largest absolute Gasteiger partial charge is 0.872 e. The summed E-state index contributed by atoms with van der Waals surface area (Å²) in [6.45, 7) is 1.97. The molecule has 0 aromatic heterocycles. The van der Waals surface area contributed by atoms with Crippen LogP contribution in [0.15, 0.2) is 18.2 Å². The molecule has 0 saturated heterocycles. The van der Waals surface area contributed by atoms with E-state index in [1.807, 2.05) is 6.92 Å². The van der Waals surface area contributed by atoms with Gasteiger partial charge in [-0.25, -0.2) is 0 Å². The van der Waals surface area contributed by atoms with Crippen LogP contribution in [0.3, 0.4) is 0 Å². The van der Waals surface area contributed by atoms with Gasteiger partial charge >= 0.3 is 0 Å². The number of phenolic OH excluding ortho intramolecular Hbond substituents is 2. The zero-order valence-electron chi connectivity index (χ0n) is 14.6. The summed E-state index contributed by atoms with van der Waals surface area (Å²) in [6, 6.07) is 2.77. The molecule has 1 aliphatic carbocycles. The second kappa shape index (κ2) is 6.92. The zero-order valence-corrected chi connectivity index (χ0v) is 14.6. The van der Waals surface area contributed by atoms with Gasteiger partial charge in [-0.15, -0.1) is 5.75 Å². The maximum absolute atomic E-state index is 12.8. The maximum Gasteiger partial charge on any atom is 0.197 e. The van der Waals surface area contributed by atoms with Gasteiger partial charge < -0.3 is 25.5 Å². The molecule has 0 saturated carbocycles. The number of aromatic hydroxyl groups is 2. The Kier molecular flexibility index (Phi) is 4.80. The number of carbonyl (C=O) groups is 2. The molecule has 27 heavy (non-hydrogen) atoms. The van der Waals surface area contributed by atoms with Gasteiger partial charge in [0.15, 0.2) is 11.6 Å². The minimum atomic E-state index is -1.33. The van der Waals surface area contributed by atoms with E-state index in [4.69, 9.17) is 0 Å². The van der Waals surface area contributed by atoms with Crippen molar-refractivity contribution in [3.05, 3.63) is 46.0 Å². The number of fused-ring (bicyclic) bond motifs is 2. The maximum atomic E-state index is 12.8. The number of carbonyl (C=O) groups excluding carboxylic acids is 2. The number of unbranched alkanes of at least 4 members (excludes halogenated alkanes) is 2. The summed E-state index contributed by atoms with van der Waals surface area (Å²) in [5.74, 6) is -4.58. The molecule has 0 unspecified atom stereocenters. The number of phenols is 2. The summed E-state index contributed by atoms with van der Waals surface area (Å²) in [5.41, 5.74) is -2.02. The zero-order chi connectivity index (χ0) is 19.9. The lowest BCUT2D eigenvalue weighted by atomic mass is 9.81. The number of hydrogen-bond acceptors (Lipinski definition) is 7. The number of rotatable bonds is 5. The van der Waals surface area contributed by atoms with Crippen LogP contribution in [0, 0.1) is 0 Å². The van der Waals surface area contributed by atoms with Crippen LogP contribution < -0.4 is 10.2 Å². The van der Waals surface area contributed by atoms with Crippen molar-refractivity contribution in [3.63, 3.8) is 0 Å². The number of hydrogen-bond donors (Lipinski definition) is 3. The summed E-state index contributed by atoms with van der Waals surface area (Å²) < 4.78 is 0. The lowest BCUT2D eigenvalue weighted by Crippen LogP contribution is -2.25. The van der Waals surface area contributed by atoms with Crippen LogP contribution in [-0.2, 0) is 0 Å². The monoisotopic (exact) mass is 370 g/mol. The second-order valence-corrected chi connectivity index (χ2v) is 6.60.